The maximum atomic E-state index is 5.99. The third-order valence-corrected chi connectivity index (χ3v) is 3.84. The predicted molar refractivity (Wildman–Crippen MR) is 83.9 cm³/mol. The minimum atomic E-state index is 0.242. The molecule has 2 aromatic rings. The highest BCUT2D eigenvalue weighted by atomic mass is 79.9. The highest BCUT2D eigenvalue weighted by Gasteiger charge is 2.12. The first-order valence-corrected chi connectivity index (χ1v) is 7.39. The lowest BCUT2D eigenvalue weighted by Gasteiger charge is -2.17. The second-order valence-corrected chi connectivity index (χ2v) is 5.80. The first-order chi connectivity index (χ1) is 9.51. The molecule has 1 atom stereocenters. The van der Waals surface area contributed by atoms with Crippen LogP contribution in [0, 0.1) is 6.92 Å². The van der Waals surface area contributed by atoms with Crippen molar-refractivity contribution in [2.75, 3.05) is 7.05 Å². The van der Waals surface area contributed by atoms with Gasteiger partial charge in [-0.2, -0.15) is 5.10 Å². The van der Waals surface area contributed by atoms with Crippen molar-refractivity contribution in [3.8, 4) is 5.75 Å². The van der Waals surface area contributed by atoms with Crippen LogP contribution in [-0.4, -0.2) is 16.8 Å². The molecule has 0 aliphatic carbocycles. The van der Waals surface area contributed by atoms with Crippen molar-refractivity contribution in [2.45, 2.75) is 26.5 Å². The van der Waals surface area contributed by atoms with Crippen LogP contribution in [0.5, 0.6) is 5.75 Å². The Kier molecular flexibility index (Phi) is 4.83. The zero-order chi connectivity index (χ0) is 14.7. The molecule has 0 radical (unpaired) electrons. The van der Waals surface area contributed by atoms with Crippen LogP contribution in [0.25, 0.3) is 0 Å². The molecular formula is C15H20BrN3O. The van der Waals surface area contributed by atoms with Gasteiger partial charge in [-0.3, -0.25) is 4.68 Å². The van der Waals surface area contributed by atoms with Gasteiger partial charge in [-0.15, -0.1) is 0 Å². The molecule has 0 saturated carbocycles. The molecule has 2 rings (SSSR count). The van der Waals surface area contributed by atoms with E-state index in [1.807, 2.05) is 43.9 Å². The van der Waals surface area contributed by atoms with Crippen LogP contribution in [0.4, 0.5) is 0 Å². The molecule has 0 fully saturated rings. The zero-order valence-electron chi connectivity index (χ0n) is 12.3. The lowest BCUT2D eigenvalue weighted by molar-refractivity contribution is 0.289. The largest absolute Gasteiger partial charge is 0.487 e. The molecular weight excluding hydrogens is 318 g/mol. The highest BCUT2D eigenvalue weighted by Crippen LogP contribution is 2.29. The molecule has 0 spiro atoms. The van der Waals surface area contributed by atoms with E-state index in [2.05, 4.69) is 39.3 Å². The predicted octanol–water partition coefficient (Wildman–Crippen LogP) is 3.35. The Bertz CT molecular complexity index is 595. The van der Waals surface area contributed by atoms with E-state index in [0.717, 1.165) is 27.2 Å². The van der Waals surface area contributed by atoms with Crippen LogP contribution in [0.15, 0.2) is 28.7 Å². The van der Waals surface area contributed by atoms with Crippen LogP contribution in [0.1, 0.15) is 29.9 Å². The van der Waals surface area contributed by atoms with Gasteiger partial charge in [0.2, 0.25) is 0 Å². The maximum Gasteiger partial charge on any atom is 0.130 e. The molecule has 0 amide bonds. The number of ether oxygens (including phenoxy) is 1. The SMILES string of the molecule is CNC(C)c1ccc(Br)cc1OCc1cc(C)nn1C. The minimum Gasteiger partial charge on any atom is -0.487 e. The van der Waals surface area contributed by atoms with Gasteiger partial charge in [-0.25, -0.2) is 0 Å². The van der Waals surface area contributed by atoms with Crippen molar-refractivity contribution in [3.05, 3.63) is 45.7 Å². The van der Waals surface area contributed by atoms with Crippen LogP contribution in [0.2, 0.25) is 0 Å². The van der Waals surface area contributed by atoms with Crippen molar-refractivity contribution < 1.29 is 4.74 Å². The highest BCUT2D eigenvalue weighted by molar-refractivity contribution is 9.10. The van der Waals surface area contributed by atoms with E-state index in [1.165, 1.54) is 0 Å². The number of benzene rings is 1. The van der Waals surface area contributed by atoms with Gasteiger partial charge in [-0.1, -0.05) is 22.0 Å². The van der Waals surface area contributed by atoms with Gasteiger partial charge in [0.05, 0.1) is 11.4 Å². The Morgan fingerprint density at radius 2 is 2.15 bits per heavy atom. The summed E-state index contributed by atoms with van der Waals surface area (Å²) in [6, 6.07) is 8.40. The Morgan fingerprint density at radius 1 is 1.40 bits per heavy atom. The van der Waals surface area contributed by atoms with E-state index >= 15 is 0 Å². The summed E-state index contributed by atoms with van der Waals surface area (Å²) in [6.07, 6.45) is 0. The summed E-state index contributed by atoms with van der Waals surface area (Å²) in [6.45, 7) is 4.61. The number of nitrogens with zero attached hydrogens (tertiary/aromatic N) is 2. The van der Waals surface area contributed by atoms with Crippen LogP contribution < -0.4 is 10.1 Å². The number of halogens is 1. The Hall–Kier alpha value is -1.33. The van der Waals surface area contributed by atoms with Crippen LogP contribution in [0.3, 0.4) is 0 Å². The van der Waals surface area contributed by atoms with Crippen LogP contribution >= 0.6 is 15.9 Å². The average Bonchev–Trinajstić information content (AvgIpc) is 2.74. The maximum absolute atomic E-state index is 5.99. The first kappa shape index (κ1) is 15.1. The lowest BCUT2D eigenvalue weighted by Crippen LogP contribution is -2.14. The van der Waals surface area contributed by atoms with Crippen LogP contribution in [-0.2, 0) is 13.7 Å². The van der Waals surface area contributed by atoms with E-state index in [-0.39, 0.29) is 6.04 Å². The average molecular weight is 338 g/mol. The summed E-state index contributed by atoms with van der Waals surface area (Å²) >= 11 is 3.49. The quantitative estimate of drug-likeness (QED) is 0.909. The van der Waals surface area contributed by atoms with Crippen molar-refractivity contribution in [1.82, 2.24) is 15.1 Å². The van der Waals surface area contributed by atoms with E-state index in [9.17, 15) is 0 Å². The molecule has 1 heterocycles. The monoisotopic (exact) mass is 337 g/mol. The summed E-state index contributed by atoms with van der Waals surface area (Å²) in [5, 5.41) is 7.57. The minimum absolute atomic E-state index is 0.242. The summed E-state index contributed by atoms with van der Waals surface area (Å²) in [4.78, 5) is 0. The Balaban J connectivity index is 2.20. The van der Waals surface area contributed by atoms with Gasteiger partial charge in [0, 0.05) is 23.1 Å². The van der Waals surface area contributed by atoms with E-state index in [1.54, 1.807) is 0 Å². The summed E-state index contributed by atoms with van der Waals surface area (Å²) < 4.78 is 8.86. The standard InChI is InChI=1S/C15H20BrN3O/c1-10-7-13(19(4)18-10)9-20-15-8-12(16)5-6-14(15)11(2)17-3/h5-8,11,17H,9H2,1-4H3. The molecule has 1 N–H and O–H groups in total. The van der Waals surface area contributed by atoms with E-state index in [4.69, 9.17) is 4.74 Å². The molecule has 108 valence electrons. The number of hydrogen-bond donors (Lipinski definition) is 1. The van der Waals surface area contributed by atoms with Crippen molar-refractivity contribution in [3.63, 3.8) is 0 Å². The second-order valence-electron chi connectivity index (χ2n) is 4.88. The second kappa shape index (κ2) is 6.41. The van der Waals surface area contributed by atoms with E-state index < -0.39 is 0 Å². The molecule has 1 aromatic heterocycles. The van der Waals surface area contributed by atoms with Gasteiger partial charge in [0.25, 0.3) is 0 Å². The number of rotatable bonds is 5. The number of hydrogen-bond acceptors (Lipinski definition) is 3. The van der Waals surface area contributed by atoms with E-state index in [0.29, 0.717) is 6.61 Å². The number of nitrogens with one attached hydrogen (secondary N) is 1. The fourth-order valence-electron chi connectivity index (χ4n) is 2.10. The normalized spacial score (nSPS) is 12.4. The fourth-order valence-corrected chi connectivity index (χ4v) is 2.44. The smallest absolute Gasteiger partial charge is 0.130 e. The number of aromatic nitrogens is 2. The van der Waals surface area contributed by atoms with Crippen molar-refractivity contribution >= 4 is 15.9 Å². The van der Waals surface area contributed by atoms with Gasteiger partial charge in [0.15, 0.2) is 0 Å². The summed E-state index contributed by atoms with van der Waals surface area (Å²) in [5.74, 6) is 0.889. The third-order valence-electron chi connectivity index (χ3n) is 3.35. The van der Waals surface area contributed by atoms with Gasteiger partial charge >= 0.3 is 0 Å². The molecule has 4 nitrogen and oxygen atoms in total. The number of aryl methyl sites for hydroxylation is 2. The summed E-state index contributed by atoms with van der Waals surface area (Å²) in [5.41, 5.74) is 3.21. The van der Waals surface area contributed by atoms with Gasteiger partial charge < -0.3 is 10.1 Å². The molecule has 0 saturated heterocycles. The van der Waals surface area contributed by atoms with Crippen molar-refractivity contribution in [1.29, 1.82) is 0 Å². The topological polar surface area (TPSA) is 39.1 Å². The molecule has 1 unspecified atom stereocenters. The Labute approximate surface area is 128 Å². The van der Waals surface area contributed by atoms with Gasteiger partial charge in [0.1, 0.15) is 12.4 Å². The Morgan fingerprint density at radius 3 is 2.75 bits per heavy atom. The third kappa shape index (κ3) is 3.41. The van der Waals surface area contributed by atoms with Gasteiger partial charge in [-0.05, 0) is 39.1 Å². The lowest BCUT2D eigenvalue weighted by atomic mass is 10.1. The van der Waals surface area contributed by atoms with Crippen molar-refractivity contribution in [2.24, 2.45) is 7.05 Å². The molecule has 0 bridgehead atoms. The molecule has 20 heavy (non-hydrogen) atoms. The molecule has 1 aromatic carbocycles. The fraction of sp³-hybridized carbons (Fsp3) is 0.400. The first-order valence-electron chi connectivity index (χ1n) is 6.60. The summed E-state index contributed by atoms with van der Waals surface area (Å²) in [7, 11) is 3.88. The zero-order valence-corrected chi connectivity index (χ0v) is 13.9. The molecule has 0 aliphatic heterocycles. The molecule has 0 aliphatic rings. The molecule has 5 heteroatoms.